The number of likely N-dealkylation sites (N-methyl/N-ethyl adjacent to an activating group) is 1. The van der Waals surface area contributed by atoms with Crippen LogP contribution in [-0.2, 0) is 4.74 Å². The predicted molar refractivity (Wildman–Crippen MR) is 51.8 cm³/mol. The molecule has 13 heavy (non-hydrogen) atoms. The summed E-state index contributed by atoms with van der Waals surface area (Å²) in [6.07, 6.45) is -0.339. The lowest BCUT2D eigenvalue weighted by Gasteiger charge is -2.33. The van der Waals surface area contributed by atoms with Crippen molar-refractivity contribution in [3.05, 3.63) is 0 Å². The zero-order valence-electron chi connectivity index (χ0n) is 8.57. The average Bonchev–Trinajstić information content (AvgIpc) is 2.09. The lowest BCUT2D eigenvalue weighted by atomic mass is 10.3. The van der Waals surface area contributed by atoms with Crippen LogP contribution in [0.1, 0.15) is 0 Å². The Bertz CT molecular complexity index is 136. The zero-order chi connectivity index (χ0) is 9.68. The molecular weight excluding hydrogens is 168 g/mol. The lowest BCUT2D eigenvalue weighted by Crippen LogP contribution is -2.47. The van der Waals surface area contributed by atoms with Gasteiger partial charge in [0.25, 0.3) is 0 Å². The van der Waals surface area contributed by atoms with Gasteiger partial charge in [-0.3, -0.25) is 4.90 Å². The molecule has 4 nitrogen and oxygen atoms in total. The van der Waals surface area contributed by atoms with Gasteiger partial charge >= 0.3 is 0 Å². The maximum absolute atomic E-state index is 9.49. The number of β-amino-alcohol motifs (C(OH)–C–C–N with tert-alkyl or cyclic N) is 1. The summed E-state index contributed by atoms with van der Waals surface area (Å²) in [4.78, 5) is 4.59. The van der Waals surface area contributed by atoms with Gasteiger partial charge in [-0.2, -0.15) is 0 Å². The Morgan fingerprint density at radius 1 is 1.31 bits per heavy atom. The van der Waals surface area contributed by atoms with Crippen molar-refractivity contribution in [3.8, 4) is 0 Å². The Morgan fingerprint density at radius 2 is 1.92 bits per heavy atom. The Labute approximate surface area is 80.1 Å². The summed E-state index contributed by atoms with van der Waals surface area (Å²) in [5.74, 6) is 0. The highest BCUT2D eigenvalue weighted by Gasteiger charge is 2.16. The fourth-order valence-electron chi connectivity index (χ4n) is 1.57. The summed E-state index contributed by atoms with van der Waals surface area (Å²) in [6, 6.07) is 0. The van der Waals surface area contributed by atoms with Crippen molar-refractivity contribution in [2.24, 2.45) is 0 Å². The highest BCUT2D eigenvalue weighted by molar-refractivity contribution is 4.71. The number of nitrogens with zero attached hydrogens (tertiary/aromatic N) is 2. The van der Waals surface area contributed by atoms with Crippen LogP contribution in [0.25, 0.3) is 0 Å². The minimum atomic E-state index is -0.339. The van der Waals surface area contributed by atoms with Crippen LogP contribution in [0.2, 0.25) is 0 Å². The van der Waals surface area contributed by atoms with Gasteiger partial charge in [0.2, 0.25) is 0 Å². The second-order valence-corrected chi connectivity index (χ2v) is 3.71. The van der Waals surface area contributed by atoms with Crippen molar-refractivity contribution < 1.29 is 9.84 Å². The van der Waals surface area contributed by atoms with E-state index < -0.39 is 0 Å². The second kappa shape index (κ2) is 5.54. The summed E-state index contributed by atoms with van der Waals surface area (Å²) < 4.78 is 4.88. The normalized spacial score (nSPS) is 23.3. The van der Waals surface area contributed by atoms with E-state index in [1.54, 1.807) is 7.11 Å². The lowest BCUT2D eigenvalue weighted by molar-refractivity contribution is 0.0266. The van der Waals surface area contributed by atoms with E-state index in [0.29, 0.717) is 6.61 Å². The molecule has 4 heteroatoms. The number of aliphatic hydroxyl groups excluding tert-OH is 1. The molecule has 0 bridgehead atoms. The number of ether oxygens (including phenoxy) is 1. The number of methoxy groups -OCH3 is 1. The first-order valence-corrected chi connectivity index (χ1v) is 4.80. The van der Waals surface area contributed by atoms with Crippen molar-refractivity contribution >= 4 is 0 Å². The van der Waals surface area contributed by atoms with Gasteiger partial charge < -0.3 is 14.7 Å². The molecule has 1 rings (SSSR count). The molecule has 0 aromatic rings. The molecule has 1 heterocycles. The van der Waals surface area contributed by atoms with E-state index in [1.807, 2.05) is 0 Å². The first-order valence-electron chi connectivity index (χ1n) is 4.80. The Morgan fingerprint density at radius 3 is 2.46 bits per heavy atom. The SMILES string of the molecule is COC[C@@H](O)CN1CCN(C)CC1. The van der Waals surface area contributed by atoms with Gasteiger partial charge in [0.05, 0.1) is 12.7 Å². The molecule has 0 amide bonds. The standard InChI is InChI=1S/C9H20N2O2/c1-10-3-5-11(6-4-10)7-9(12)8-13-2/h9,12H,3-8H2,1-2H3/t9-/m0/s1. The third-order valence-corrected chi connectivity index (χ3v) is 2.42. The van der Waals surface area contributed by atoms with Gasteiger partial charge in [-0.05, 0) is 7.05 Å². The average molecular weight is 188 g/mol. The van der Waals surface area contributed by atoms with Crippen LogP contribution < -0.4 is 0 Å². The monoisotopic (exact) mass is 188 g/mol. The molecule has 0 saturated carbocycles. The number of rotatable bonds is 4. The summed E-state index contributed by atoms with van der Waals surface area (Å²) in [5.41, 5.74) is 0. The highest BCUT2D eigenvalue weighted by atomic mass is 16.5. The molecule has 0 radical (unpaired) electrons. The van der Waals surface area contributed by atoms with E-state index >= 15 is 0 Å². The van der Waals surface area contributed by atoms with E-state index in [9.17, 15) is 5.11 Å². The molecular formula is C9H20N2O2. The summed E-state index contributed by atoms with van der Waals surface area (Å²) in [6.45, 7) is 5.47. The van der Waals surface area contributed by atoms with Gasteiger partial charge in [0.1, 0.15) is 0 Å². The second-order valence-electron chi connectivity index (χ2n) is 3.71. The van der Waals surface area contributed by atoms with Crippen molar-refractivity contribution in [3.63, 3.8) is 0 Å². The van der Waals surface area contributed by atoms with Gasteiger partial charge in [0, 0.05) is 39.8 Å². The number of hydrogen-bond donors (Lipinski definition) is 1. The van der Waals surface area contributed by atoms with Crippen LogP contribution in [0.15, 0.2) is 0 Å². The van der Waals surface area contributed by atoms with Crippen LogP contribution in [0.3, 0.4) is 0 Å². The third kappa shape index (κ3) is 4.04. The Kier molecular flexibility index (Phi) is 4.66. The molecule has 1 N–H and O–H groups in total. The summed E-state index contributed by atoms with van der Waals surface area (Å²) >= 11 is 0. The minimum absolute atomic E-state index is 0.339. The van der Waals surface area contributed by atoms with Crippen LogP contribution in [0.5, 0.6) is 0 Å². The Balaban J connectivity index is 2.14. The molecule has 1 aliphatic heterocycles. The summed E-state index contributed by atoms with van der Waals surface area (Å²) in [5, 5.41) is 9.49. The highest BCUT2D eigenvalue weighted by Crippen LogP contribution is 2.00. The largest absolute Gasteiger partial charge is 0.389 e. The van der Waals surface area contributed by atoms with Crippen molar-refractivity contribution in [2.45, 2.75) is 6.10 Å². The van der Waals surface area contributed by atoms with E-state index in [2.05, 4.69) is 16.8 Å². The van der Waals surface area contributed by atoms with Gasteiger partial charge in [0.15, 0.2) is 0 Å². The quantitative estimate of drug-likeness (QED) is 0.629. The molecule has 1 atom stereocenters. The fourth-order valence-corrected chi connectivity index (χ4v) is 1.57. The van der Waals surface area contributed by atoms with Crippen LogP contribution >= 0.6 is 0 Å². The third-order valence-electron chi connectivity index (χ3n) is 2.42. The van der Waals surface area contributed by atoms with Crippen molar-refractivity contribution in [1.82, 2.24) is 9.80 Å². The molecule has 1 fully saturated rings. The van der Waals surface area contributed by atoms with E-state index in [0.717, 1.165) is 32.7 Å². The van der Waals surface area contributed by atoms with Crippen LogP contribution in [0.4, 0.5) is 0 Å². The molecule has 0 aliphatic carbocycles. The van der Waals surface area contributed by atoms with Gasteiger partial charge in [-0.25, -0.2) is 0 Å². The minimum Gasteiger partial charge on any atom is -0.389 e. The summed E-state index contributed by atoms with van der Waals surface area (Å²) in [7, 11) is 3.75. The van der Waals surface area contributed by atoms with Crippen molar-refractivity contribution in [2.75, 3.05) is 53.5 Å². The molecule has 78 valence electrons. The molecule has 0 aromatic heterocycles. The first kappa shape index (κ1) is 10.9. The molecule has 0 spiro atoms. The van der Waals surface area contributed by atoms with Crippen LogP contribution in [0, 0.1) is 0 Å². The van der Waals surface area contributed by atoms with E-state index in [-0.39, 0.29) is 6.10 Å². The maximum atomic E-state index is 9.49. The number of aliphatic hydroxyl groups is 1. The Hall–Kier alpha value is -0.160. The number of piperazine rings is 1. The van der Waals surface area contributed by atoms with E-state index in [1.165, 1.54) is 0 Å². The number of hydrogen-bond acceptors (Lipinski definition) is 4. The first-order chi connectivity index (χ1) is 6.22. The fraction of sp³-hybridized carbons (Fsp3) is 1.00. The van der Waals surface area contributed by atoms with Gasteiger partial charge in [-0.15, -0.1) is 0 Å². The molecule has 1 aliphatic rings. The van der Waals surface area contributed by atoms with Gasteiger partial charge in [-0.1, -0.05) is 0 Å². The topological polar surface area (TPSA) is 35.9 Å². The maximum Gasteiger partial charge on any atom is 0.0900 e. The molecule has 0 aromatic carbocycles. The molecule has 0 unspecified atom stereocenters. The van der Waals surface area contributed by atoms with Crippen LogP contribution in [-0.4, -0.2) is 74.5 Å². The molecule has 1 saturated heterocycles. The predicted octanol–water partition coefficient (Wildman–Crippen LogP) is -0.759. The van der Waals surface area contributed by atoms with Crippen molar-refractivity contribution in [1.29, 1.82) is 0 Å². The smallest absolute Gasteiger partial charge is 0.0900 e. The zero-order valence-corrected chi connectivity index (χ0v) is 8.57. The van der Waals surface area contributed by atoms with E-state index in [4.69, 9.17) is 4.74 Å².